The van der Waals surface area contributed by atoms with E-state index in [1.165, 1.54) is 13.1 Å². The van der Waals surface area contributed by atoms with Crippen LogP contribution in [0.25, 0.3) is 0 Å². The summed E-state index contributed by atoms with van der Waals surface area (Å²) in [5, 5.41) is 0. The van der Waals surface area contributed by atoms with E-state index in [4.69, 9.17) is 46.4 Å². The predicted octanol–water partition coefficient (Wildman–Crippen LogP) is 2.40. The Hall–Kier alpha value is -0.490. The molecule has 5 nitrogen and oxygen atoms in total. The number of carbonyl (C=O) groups excluding carboxylic acids is 2. The fourth-order valence-electron chi connectivity index (χ4n) is 1.22. The minimum Gasteiger partial charge on any atom is -0.270 e. The van der Waals surface area contributed by atoms with E-state index >= 15 is 0 Å². The number of urea groups is 1. The van der Waals surface area contributed by atoms with Crippen LogP contribution in [-0.2, 0) is 4.79 Å². The lowest BCUT2D eigenvalue weighted by Crippen LogP contribution is -2.33. The highest BCUT2D eigenvalue weighted by molar-refractivity contribution is 6.70. The van der Waals surface area contributed by atoms with E-state index in [9.17, 15) is 9.59 Å². The summed E-state index contributed by atoms with van der Waals surface area (Å²) in [5.74, 6) is -0.782. The first kappa shape index (κ1) is 15.6. The van der Waals surface area contributed by atoms with Crippen molar-refractivity contribution in [1.29, 1.82) is 0 Å². The zero-order chi connectivity index (χ0) is 14.1. The van der Waals surface area contributed by atoms with Crippen molar-refractivity contribution in [2.75, 3.05) is 13.6 Å². The molecule has 0 N–H and O–H groups in total. The fourth-order valence-corrected chi connectivity index (χ4v) is 1.46. The van der Waals surface area contributed by atoms with Gasteiger partial charge in [0.05, 0.1) is 0 Å². The zero-order valence-electron chi connectivity index (χ0n) is 9.24. The molecule has 1 saturated heterocycles. The van der Waals surface area contributed by atoms with Crippen molar-refractivity contribution in [2.45, 2.75) is 9.29 Å². The number of nitrogens with zero attached hydrogens (tertiary/aromatic N) is 3. The zero-order valence-corrected chi connectivity index (χ0v) is 12.3. The molecule has 18 heavy (non-hydrogen) atoms. The SMILES string of the molecule is C=CCN1C(=O)N(C)C(=O)C1=NC(Cl)C(Cl)(Cl)Cl. The topological polar surface area (TPSA) is 53.0 Å². The van der Waals surface area contributed by atoms with Crippen LogP contribution in [0.2, 0.25) is 0 Å². The summed E-state index contributed by atoms with van der Waals surface area (Å²) in [5.41, 5.74) is -1.28. The lowest BCUT2D eigenvalue weighted by molar-refractivity contribution is -0.119. The Bertz CT molecular complexity index is 419. The van der Waals surface area contributed by atoms with Gasteiger partial charge in [0, 0.05) is 13.6 Å². The van der Waals surface area contributed by atoms with Gasteiger partial charge in [-0.25, -0.2) is 9.79 Å². The summed E-state index contributed by atoms with van der Waals surface area (Å²) in [7, 11) is 1.32. The highest BCUT2D eigenvalue weighted by Crippen LogP contribution is 2.35. The first-order valence-electron chi connectivity index (χ1n) is 4.69. The maximum Gasteiger partial charge on any atom is 0.332 e. The number of likely N-dealkylation sites (N-methyl/N-ethyl adjacent to an activating group) is 1. The number of hydrogen-bond acceptors (Lipinski definition) is 3. The molecule has 1 aliphatic heterocycles. The molecule has 1 aliphatic rings. The highest BCUT2D eigenvalue weighted by Gasteiger charge is 2.41. The summed E-state index contributed by atoms with van der Waals surface area (Å²) in [4.78, 5) is 29.3. The van der Waals surface area contributed by atoms with E-state index in [1.54, 1.807) is 0 Å². The van der Waals surface area contributed by atoms with Gasteiger partial charge in [0.1, 0.15) is 0 Å². The lowest BCUT2D eigenvalue weighted by atomic mass is 10.4. The molecule has 9 heteroatoms. The summed E-state index contributed by atoms with van der Waals surface area (Å²) < 4.78 is -1.88. The molecular weight excluding hydrogens is 324 g/mol. The quantitative estimate of drug-likeness (QED) is 0.345. The van der Waals surface area contributed by atoms with Crippen LogP contribution < -0.4 is 0 Å². The van der Waals surface area contributed by atoms with Gasteiger partial charge in [0.15, 0.2) is 5.50 Å². The number of amidine groups is 1. The molecule has 100 valence electrons. The minimum atomic E-state index is -1.88. The second kappa shape index (κ2) is 5.65. The number of halogens is 4. The van der Waals surface area contributed by atoms with E-state index in [0.29, 0.717) is 0 Å². The van der Waals surface area contributed by atoms with Crippen molar-refractivity contribution in [1.82, 2.24) is 9.80 Å². The summed E-state index contributed by atoms with van der Waals surface area (Å²) in [6.45, 7) is 3.59. The van der Waals surface area contributed by atoms with Gasteiger partial charge in [0.2, 0.25) is 9.63 Å². The first-order valence-corrected chi connectivity index (χ1v) is 6.26. The third kappa shape index (κ3) is 3.09. The molecule has 0 aromatic heterocycles. The van der Waals surface area contributed by atoms with E-state index in [1.807, 2.05) is 0 Å². The number of hydrogen-bond donors (Lipinski definition) is 0. The predicted molar refractivity (Wildman–Crippen MR) is 72.4 cm³/mol. The number of alkyl halides is 4. The highest BCUT2D eigenvalue weighted by atomic mass is 35.6. The Labute approximate surface area is 124 Å². The van der Waals surface area contributed by atoms with Crippen LogP contribution in [0.5, 0.6) is 0 Å². The van der Waals surface area contributed by atoms with Crippen molar-refractivity contribution < 1.29 is 9.59 Å². The second-order valence-corrected chi connectivity index (χ2v) is 6.16. The van der Waals surface area contributed by atoms with Crippen molar-refractivity contribution in [2.24, 2.45) is 4.99 Å². The number of amides is 3. The van der Waals surface area contributed by atoms with Crippen LogP contribution in [-0.4, -0.2) is 50.5 Å². The summed E-state index contributed by atoms with van der Waals surface area (Å²) in [6.07, 6.45) is 1.44. The van der Waals surface area contributed by atoms with E-state index in [0.717, 1.165) is 9.80 Å². The Morgan fingerprint density at radius 1 is 1.44 bits per heavy atom. The van der Waals surface area contributed by atoms with Gasteiger partial charge in [-0.3, -0.25) is 14.6 Å². The molecule has 0 saturated carbocycles. The van der Waals surface area contributed by atoms with E-state index in [-0.39, 0.29) is 12.4 Å². The largest absolute Gasteiger partial charge is 0.332 e. The smallest absolute Gasteiger partial charge is 0.270 e. The lowest BCUT2D eigenvalue weighted by Gasteiger charge is -2.17. The summed E-state index contributed by atoms with van der Waals surface area (Å²) >= 11 is 22.4. The molecule has 1 unspecified atom stereocenters. The standard InChI is InChI=1S/C9H9Cl4N3O2/c1-3-4-16-5(6(17)15(2)8(16)18)14-7(10)9(11,12)13/h3,7H,1,4H2,2H3. The fraction of sp³-hybridized carbons (Fsp3) is 0.444. The monoisotopic (exact) mass is 331 g/mol. The molecule has 0 aliphatic carbocycles. The molecule has 0 aromatic rings. The Balaban J connectivity index is 3.11. The summed E-state index contributed by atoms with van der Waals surface area (Å²) in [6, 6.07) is -0.535. The van der Waals surface area contributed by atoms with Gasteiger partial charge in [-0.2, -0.15) is 0 Å². The molecule has 1 atom stereocenters. The maximum absolute atomic E-state index is 11.8. The van der Waals surface area contributed by atoms with E-state index in [2.05, 4.69) is 11.6 Å². The van der Waals surface area contributed by atoms with Gasteiger partial charge in [0.25, 0.3) is 5.91 Å². The maximum atomic E-state index is 11.8. The Kier molecular flexibility index (Phi) is 4.89. The normalized spacial score (nSPS) is 20.8. The van der Waals surface area contributed by atoms with Crippen LogP contribution >= 0.6 is 46.4 Å². The Morgan fingerprint density at radius 2 is 2.00 bits per heavy atom. The second-order valence-electron chi connectivity index (χ2n) is 3.38. The molecule has 0 radical (unpaired) electrons. The van der Waals surface area contributed by atoms with Gasteiger partial charge in [-0.15, -0.1) is 6.58 Å². The molecule has 0 aromatic carbocycles. The number of imide groups is 1. The molecule has 1 fully saturated rings. The molecule has 0 bridgehead atoms. The molecule has 1 rings (SSSR count). The van der Waals surface area contributed by atoms with Crippen molar-refractivity contribution in [3.8, 4) is 0 Å². The number of rotatable bonds is 3. The van der Waals surface area contributed by atoms with Gasteiger partial charge >= 0.3 is 6.03 Å². The molecule has 1 heterocycles. The first-order chi connectivity index (χ1) is 8.20. The Morgan fingerprint density at radius 3 is 2.44 bits per heavy atom. The van der Waals surface area contributed by atoms with Crippen LogP contribution in [0.4, 0.5) is 4.79 Å². The molecule has 0 spiro atoms. The number of aliphatic imine (C=N–C) groups is 1. The van der Waals surface area contributed by atoms with Crippen LogP contribution in [0.3, 0.4) is 0 Å². The third-order valence-electron chi connectivity index (χ3n) is 2.09. The average molecular weight is 333 g/mol. The van der Waals surface area contributed by atoms with Crippen molar-refractivity contribution in [3.63, 3.8) is 0 Å². The average Bonchev–Trinajstić information content (AvgIpc) is 2.45. The van der Waals surface area contributed by atoms with Crippen LogP contribution in [0.15, 0.2) is 17.6 Å². The van der Waals surface area contributed by atoms with Gasteiger partial charge in [-0.1, -0.05) is 52.5 Å². The number of carbonyl (C=O) groups is 2. The molecular formula is C9H9Cl4N3O2. The van der Waals surface area contributed by atoms with Crippen molar-refractivity contribution >= 4 is 64.2 Å². The molecule has 3 amide bonds. The third-order valence-corrected chi connectivity index (χ3v) is 3.47. The van der Waals surface area contributed by atoms with Gasteiger partial charge in [-0.05, 0) is 0 Å². The van der Waals surface area contributed by atoms with E-state index < -0.39 is 21.2 Å². The van der Waals surface area contributed by atoms with Crippen molar-refractivity contribution in [3.05, 3.63) is 12.7 Å². The van der Waals surface area contributed by atoms with Crippen LogP contribution in [0.1, 0.15) is 0 Å². The van der Waals surface area contributed by atoms with Crippen LogP contribution in [0, 0.1) is 0 Å². The van der Waals surface area contributed by atoms with Gasteiger partial charge < -0.3 is 0 Å². The minimum absolute atomic E-state index is 0.108.